The minimum absolute atomic E-state index is 0.139. The maximum atomic E-state index is 12.5. The highest BCUT2D eigenvalue weighted by atomic mass is 16.5. The third-order valence-corrected chi connectivity index (χ3v) is 5.23. The lowest BCUT2D eigenvalue weighted by molar-refractivity contribution is -0.138. The van der Waals surface area contributed by atoms with E-state index in [-0.39, 0.29) is 18.6 Å². The lowest BCUT2D eigenvalue weighted by Gasteiger charge is -2.25. The number of nitrogens with zero attached hydrogens (tertiary/aromatic N) is 2. The van der Waals surface area contributed by atoms with E-state index in [1.165, 1.54) is 19.3 Å². The molecule has 25 heavy (non-hydrogen) atoms. The fourth-order valence-electron chi connectivity index (χ4n) is 3.73. The van der Waals surface area contributed by atoms with Crippen LogP contribution in [0.15, 0.2) is 18.3 Å². The van der Waals surface area contributed by atoms with Crippen molar-refractivity contribution in [1.82, 2.24) is 9.88 Å². The monoisotopic (exact) mass is 346 g/mol. The van der Waals surface area contributed by atoms with Crippen molar-refractivity contribution < 1.29 is 9.53 Å². The van der Waals surface area contributed by atoms with E-state index >= 15 is 0 Å². The van der Waals surface area contributed by atoms with Crippen molar-refractivity contribution in [3.8, 4) is 0 Å². The number of pyridine rings is 1. The molecule has 138 valence electrons. The van der Waals surface area contributed by atoms with Crippen LogP contribution in [0.5, 0.6) is 0 Å². The van der Waals surface area contributed by atoms with E-state index in [4.69, 9.17) is 10.5 Å². The van der Waals surface area contributed by atoms with Gasteiger partial charge >= 0.3 is 0 Å². The minimum atomic E-state index is 0.139. The first-order valence-electron chi connectivity index (χ1n) is 9.58. The van der Waals surface area contributed by atoms with Crippen molar-refractivity contribution in [2.45, 2.75) is 63.5 Å². The molecule has 2 aliphatic rings. The van der Waals surface area contributed by atoms with Gasteiger partial charge in [-0.05, 0) is 44.2 Å². The maximum absolute atomic E-state index is 12.5. The normalized spacial score (nSPS) is 22.4. The summed E-state index contributed by atoms with van der Waals surface area (Å²) in [6.07, 6.45) is 11.0. The topological polar surface area (TPSA) is 80.5 Å². The van der Waals surface area contributed by atoms with Gasteiger partial charge in [-0.2, -0.15) is 0 Å². The summed E-state index contributed by atoms with van der Waals surface area (Å²) < 4.78 is 5.85. The average molecular weight is 346 g/mol. The second-order valence-corrected chi connectivity index (χ2v) is 7.20. The molecule has 0 radical (unpaired) electrons. The van der Waals surface area contributed by atoms with E-state index in [1.807, 2.05) is 11.0 Å². The molecule has 3 rings (SSSR count). The van der Waals surface area contributed by atoms with Gasteiger partial charge in [0.2, 0.25) is 5.91 Å². The summed E-state index contributed by atoms with van der Waals surface area (Å²) in [6, 6.07) is 4.12. The molecule has 1 aromatic rings. The minimum Gasteiger partial charge on any atom is -0.384 e. The molecule has 0 aromatic carbocycles. The Bertz CT molecular complexity index is 543. The summed E-state index contributed by atoms with van der Waals surface area (Å²) in [7, 11) is 0. The van der Waals surface area contributed by atoms with Crippen molar-refractivity contribution in [3.63, 3.8) is 0 Å². The molecule has 1 saturated carbocycles. The zero-order chi connectivity index (χ0) is 17.5. The van der Waals surface area contributed by atoms with Crippen LogP contribution in [0.25, 0.3) is 0 Å². The number of aromatic nitrogens is 1. The molecule has 1 aliphatic heterocycles. The van der Waals surface area contributed by atoms with Crippen LogP contribution in [0.4, 0.5) is 11.5 Å². The molecule has 1 atom stereocenters. The molecule has 2 heterocycles. The number of likely N-dealkylation sites (tertiary alicyclic amines) is 1. The average Bonchev–Trinajstić information content (AvgIpc) is 2.88. The second kappa shape index (κ2) is 9.04. The second-order valence-electron chi connectivity index (χ2n) is 7.20. The number of carbonyl (C=O) groups excluding carboxylic acids is 1. The van der Waals surface area contributed by atoms with Gasteiger partial charge in [-0.1, -0.05) is 19.3 Å². The molecular weight excluding hydrogens is 316 g/mol. The molecule has 0 bridgehead atoms. The highest BCUT2D eigenvalue weighted by Gasteiger charge is 2.22. The molecule has 1 amide bonds. The van der Waals surface area contributed by atoms with Crippen LogP contribution in [0, 0.1) is 0 Å². The predicted octanol–water partition coefficient (Wildman–Crippen LogP) is 2.81. The molecule has 1 unspecified atom stereocenters. The predicted molar refractivity (Wildman–Crippen MR) is 99.3 cm³/mol. The van der Waals surface area contributed by atoms with Crippen LogP contribution in [0.3, 0.4) is 0 Å². The van der Waals surface area contributed by atoms with Gasteiger partial charge in [-0.15, -0.1) is 0 Å². The third kappa shape index (κ3) is 5.59. The highest BCUT2D eigenvalue weighted by Crippen LogP contribution is 2.21. The van der Waals surface area contributed by atoms with Crippen molar-refractivity contribution in [1.29, 1.82) is 0 Å². The summed E-state index contributed by atoms with van der Waals surface area (Å²) in [4.78, 5) is 18.5. The zero-order valence-corrected chi connectivity index (χ0v) is 15.0. The number of nitrogens with two attached hydrogens (primary N) is 1. The van der Waals surface area contributed by atoms with Crippen LogP contribution < -0.4 is 11.1 Å². The number of rotatable bonds is 5. The van der Waals surface area contributed by atoms with Crippen molar-refractivity contribution in [2.24, 2.45) is 0 Å². The number of amides is 1. The van der Waals surface area contributed by atoms with Gasteiger partial charge in [0.15, 0.2) is 0 Å². The van der Waals surface area contributed by atoms with E-state index in [0.717, 1.165) is 50.9 Å². The Morgan fingerprint density at radius 2 is 2.00 bits per heavy atom. The lowest BCUT2D eigenvalue weighted by atomic mass is 9.98. The van der Waals surface area contributed by atoms with E-state index in [2.05, 4.69) is 10.3 Å². The quantitative estimate of drug-likeness (QED) is 0.857. The first kappa shape index (κ1) is 18.0. The van der Waals surface area contributed by atoms with Gasteiger partial charge in [-0.3, -0.25) is 4.79 Å². The summed E-state index contributed by atoms with van der Waals surface area (Å²) in [6.45, 7) is 1.85. The number of ether oxygens (including phenoxy) is 1. The summed E-state index contributed by atoms with van der Waals surface area (Å²) in [5.74, 6) is 0.668. The summed E-state index contributed by atoms with van der Waals surface area (Å²) in [5.41, 5.74) is 6.61. The number of hydrogen-bond donors (Lipinski definition) is 2. The summed E-state index contributed by atoms with van der Waals surface area (Å²) in [5, 5.41) is 3.50. The molecule has 0 spiro atoms. The number of nitrogen functional groups attached to an aromatic ring is 1. The maximum Gasteiger partial charge on any atom is 0.248 e. The molecule has 2 fully saturated rings. The molecule has 1 saturated heterocycles. The number of anilines is 2. The Hall–Kier alpha value is -1.82. The van der Waals surface area contributed by atoms with E-state index in [9.17, 15) is 4.79 Å². The van der Waals surface area contributed by atoms with Gasteiger partial charge in [0.25, 0.3) is 0 Å². The zero-order valence-electron chi connectivity index (χ0n) is 15.0. The van der Waals surface area contributed by atoms with Gasteiger partial charge in [0.1, 0.15) is 12.4 Å². The first-order valence-corrected chi connectivity index (χ1v) is 9.58. The highest BCUT2D eigenvalue weighted by molar-refractivity contribution is 5.77. The van der Waals surface area contributed by atoms with Gasteiger partial charge in [0.05, 0.1) is 18.0 Å². The van der Waals surface area contributed by atoms with Crippen LogP contribution >= 0.6 is 0 Å². The molecule has 6 heteroatoms. The van der Waals surface area contributed by atoms with Gasteiger partial charge < -0.3 is 20.7 Å². The Labute approximate surface area is 150 Å². The first-order chi connectivity index (χ1) is 12.2. The Kier molecular flexibility index (Phi) is 6.50. The molecule has 1 aliphatic carbocycles. The number of carbonyl (C=O) groups is 1. The Morgan fingerprint density at radius 1 is 1.16 bits per heavy atom. The fraction of sp³-hybridized carbons (Fsp3) is 0.684. The van der Waals surface area contributed by atoms with E-state index in [1.54, 1.807) is 12.3 Å². The number of nitrogens with one attached hydrogen (secondary N) is 1. The van der Waals surface area contributed by atoms with Crippen molar-refractivity contribution >= 4 is 17.4 Å². The molecule has 3 N–H and O–H groups in total. The summed E-state index contributed by atoms with van der Waals surface area (Å²) >= 11 is 0. The van der Waals surface area contributed by atoms with Crippen molar-refractivity contribution in [2.75, 3.05) is 30.7 Å². The third-order valence-electron chi connectivity index (χ3n) is 5.23. The lowest BCUT2D eigenvalue weighted by Crippen LogP contribution is -2.36. The van der Waals surface area contributed by atoms with Crippen LogP contribution in [0.2, 0.25) is 0 Å². The van der Waals surface area contributed by atoms with Gasteiger partial charge in [0, 0.05) is 19.1 Å². The van der Waals surface area contributed by atoms with Crippen molar-refractivity contribution in [3.05, 3.63) is 18.3 Å². The molecule has 6 nitrogen and oxygen atoms in total. The fourth-order valence-corrected chi connectivity index (χ4v) is 3.73. The largest absolute Gasteiger partial charge is 0.384 e. The number of hydrogen-bond acceptors (Lipinski definition) is 5. The Morgan fingerprint density at radius 3 is 2.76 bits per heavy atom. The van der Waals surface area contributed by atoms with Gasteiger partial charge in [-0.25, -0.2) is 4.98 Å². The molecular formula is C19H30N4O2. The standard InChI is InChI=1S/C19H30N4O2/c20-18-9-8-16(13-21-18)22-15-5-4-11-23(12-10-15)19(24)14-25-17-6-2-1-3-7-17/h8-9,13,15,17,22H,1-7,10-12,14H2,(H2,20,21). The SMILES string of the molecule is Nc1ccc(NC2CCCN(C(=O)COC3CCCCC3)CC2)cn1. The van der Waals surface area contributed by atoms with E-state index in [0.29, 0.717) is 11.9 Å². The Balaban J connectivity index is 1.42. The smallest absolute Gasteiger partial charge is 0.248 e. The molecule has 1 aromatic heterocycles. The van der Waals surface area contributed by atoms with Crippen LogP contribution in [-0.2, 0) is 9.53 Å². The van der Waals surface area contributed by atoms with Crippen LogP contribution in [-0.4, -0.2) is 47.6 Å². The van der Waals surface area contributed by atoms with E-state index < -0.39 is 0 Å². The van der Waals surface area contributed by atoms with Crippen LogP contribution in [0.1, 0.15) is 51.4 Å².